The van der Waals surface area contributed by atoms with Crippen LogP contribution >= 0.6 is 11.3 Å². The summed E-state index contributed by atoms with van der Waals surface area (Å²) < 4.78 is 5.43. The molecule has 0 spiro atoms. The van der Waals surface area contributed by atoms with Crippen LogP contribution < -0.4 is 10.5 Å². The molecular formula is C18H23NOS. The molecule has 2 nitrogen and oxygen atoms in total. The molecule has 1 atom stereocenters. The lowest BCUT2D eigenvalue weighted by Gasteiger charge is -2.13. The van der Waals surface area contributed by atoms with Crippen molar-refractivity contribution >= 4 is 11.3 Å². The zero-order valence-corrected chi connectivity index (χ0v) is 13.4. The first kappa shape index (κ1) is 14.6. The maximum Gasteiger partial charge on any atom is 0.122 e. The van der Waals surface area contributed by atoms with Crippen LogP contribution in [-0.4, -0.2) is 7.11 Å². The number of nitrogens with two attached hydrogens (primary N) is 1. The number of thiophene rings is 1. The van der Waals surface area contributed by atoms with E-state index < -0.39 is 0 Å². The largest absolute Gasteiger partial charge is 0.496 e. The molecular weight excluding hydrogens is 278 g/mol. The highest BCUT2D eigenvalue weighted by Gasteiger charge is 2.17. The summed E-state index contributed by atoms with van der Waals surface area (Å²) in [5, 5.41) is 0. The molecule has 0 fully saturated rings. The third-order valence-electron chi connectivity index (χ3n) is 4.26. The summed E-state index contributed by atoms with van der Waals surface area (Å²) in [6.07, 6.45) is 7.32. The van der Waals surface area contributed by atoms with Gasteiger partial charge in [-0.15, -0.1) is 11.3 Å². The number of fused-ring (bicyclic) bond motifs is 1. The molecule has 1 aliphatic rings. The standard InChI is InChI=1S/C18H23NOS/c1-20-16-9-6-5-7-13(16)11-15(19)18-12-14-8-3-2-4-10-17(14)21-18/h5-7,9,12,15H,2-4,8,10-11,19H2,1H3. The van der Waals surface area contributed by atoms with E-state index in [0.717, 1.165) is 12.2 Å². The van der Waals surface area contributed by atoms with Gasteiger partial charge in [-0.05, 0) is 55.4 Å². The summed E-state index contributed by atoms with van der Waals surface area (Å²) in [7, 11) is 1.72. The van der Waals surface area contributed by atoms with Gasteiger partial charge in [-0.25, -0.2) is 0 Å². The second-order valence-electron chi connectivity index (χ2n) is 5.78. The first-order chi connectivity index (χ1) is 10.3. The van der Waals surface area contributed by atoms with Crippen LogP contribution in [0.1, 0.15) is 46.2 Å². The Morgan fingerprint density at radius 1 is 1.19 bits per heavy atom. The highest BCUT2D eigenvalue weighted by molar-refractivity contribution is 7.12. The van der Waals surface area contributed by atoms with Crippen LogP contribution in [0.4, 0.5) is 0 Å². The molecule has 0 amide bonds. The number of hydrogen-bond donors (Lipinski definition) is 1. The molecule has 2 aromatic rings. The van der Waals surface area contributed by atoms with Crippen LogP contribution in [0.3, 0.4) is 0 Å². The van der Waals surface area contributed by atoms with E-state index in [1.807, 2.05) is 29.5 Å². The lowest BCUT2D eigenvalue weighted by molar-refractivity contribution is 0.408. The summed E-state index contributed by atoms with van der Waals surface area (Å²) in [6, 6.07) is 10.6. The van der Waals surface area contributed by atoms with E-state index in [1.54, 1.807) is 17.6 Å². The van der Waals surface area contributed by atoms with Crippen molar-refractivity contribution in [3.05, 3.63) is 51.2 Å². The Morgan fingerprint density at radius 2 is 2.00 bits per heavy atom. The van der Waals surface area contributed by atoms with Gasteiger partial charge in [0.25, 0.3) is 0 Å². The van der Waals surface area contributed by atoms with Crippen LogP contribution in [0.25, 0.3) is 0 Å². The second-order valence-corrected chi connectivity index (χ2v) is 6.95. The number of hydrogen-bond acceptors (Lipinski definition) is 3. The maximum atomic E-state index is 6.46. The van der Waals surface area contributed by atoms with Gasteiger partial charge in [-0.1, -0.05) is 24.6 Å². The third kappa shape index (κ3) is 3.30. The van der Waals surface area contributed by atoms with Gasteiger partial charge in [0.15, 0.2) is 0 Å². The van der Waals surface area contributed by atoms with Gasteiger partial charge in [-0.2, -0.15) is 0 Å². The van der Waals surface area contributed by atoms with Crippen LogP contribution in [0.5, 0.6) is 5.75 Å². The van der Waals surface area contributed by atoms with Crippen molar-refractivity contribution in [2.24, 2.45) is 5.73 Å². The lowest BCUT2D eigenvalue weighted by Crippen LogP contribution is -2.12. The zero-order valence-electron chi connectivity index (χ0n) is 12.6. The van der Waals surface area contributed by atoms with Gasteiger partial charge in [0, 0.05) is 15.8 Å². The minimum absolute atomic E-state index is 0.0678. The summed E-state index contributed by atoms with van der Waals surface area (Å²) in [4.78, 5) is 2.89. The first-order valence-electron chi connectivity index (χ1n) is 7.77. The average molecular weight is 301 g/mol. The molecule has 0 saturated carbocycles. The molecule has 0 saturated heterocycles. The van der Waals surface area contributed by atoms with Gasteiger partial charge in [0.1, 0.15) is 5.75 Å². The Balaban J connectivity index is 1.77. The van der Waals surface area contributed by atoms with Crippen molar-refractivity contribution < 1.29 is 4.74 Å². The van der Waals surface area contributed by atoms with E-state index >= 15 is 0 Å². The van der Waals surface area contributed by atoms with Gasteiger partial charge >= 0.3 is 0 Å². The molecule has 112 valence electrons. The van der Waals surface area contributed by atoms with E-state index in [4.69, 9.17) is 10.5 Å². The SMILES string of the molecule is COc1ccccc1CC(N)c1cc2c(s1)CCCCC2. The fourth-order valence-electron chi connectivity index (χ4n) is 3.08. The quantitative estimate of drug-likeness (QED) is 0.856. The van der Waals surface area contributed by atoms with E-state index in [9.17, 15) is 0 Å². The summed E-state index contributed by atoms with van der Waals surface area (Å²) in [5.74, 6) is 0.936. The number of ether oxygens (including phenoxy) is 1. The molecule has 1 aromatic heterocycles. The molecule has 21 heavy (non-hydrogen) atoms. The number of methoxy groups -OCH3 is 1. The van der Waals surface area contributed by atoms with Gasteiger partial charge < -0.3 is 10.5 Å². The number of benzene rings is 1. The molecule has 1 unspecified atom stereocenters. The Kier molecular flexibility index (Phi) is 4.61. The van der Waals surface area contributed by atoms with E-state index in [0.29, 0.717) is 0 Å². The van der Waals surface area contributed by atoms with Crippen LogP contribution in [-0.2, 0) is 19.3 Å². The molecule has 0 radical (unpaired) electrons. The van der Waals surface area contributed by atoms with Crippen molar-refractivity contribution in [2.75, 3.05) is 7.11 Å². The summed E-state index contributed by atoms with van der Waals surface area (Å²) in [5.41, 5.74) is 9.19. The maximum absolute atomic E-state index is 6.46. The minimum atomic E-state index is 0.0678. The van der Waals surface area contributed by atoms with E-state index in [1.165, 1.54) is 42.5 Å². The Bertz CT molecular complexity index is 582. The highest BCUT2D eigenvalue weighted by atomic mass is 32.1. The predicted octanol–water partition coefficient (Wildman–Crippen LogP) is 4.27. The molecule has 0 bridgehead atoms. The Labute approximate surface area is 130 Å². The first-order valence-corrected chi connectivity index (χ1v) is 8.58. The number of aryl methyl sites for hydroxylation is 2. The van der Waals surface area contributed by atoms with Crippen molar-refractivity contribution in [1.82, 2.24) is 0 Å². The van der Waals surface area contributed by atoms with Gasteiger partial charge in [0.05, 0.1) is 7.11 Å². The molecule has 3 rings (SSSR count). The highest BCUT2D eigenvalue weighted by Crippen LogP contribution is 2.33. The molecule has 3 heteroatoms. The summed E-state index contributed by atoms with van der Waals surface area (Å²) in [6.45, 7) is 0. The molecule has 2 N–H and O–H groups in total. The lowest BCUT2D eigenvalue weighted by atomic mass is 10.0. The minimum Gasteiger partial charge on any atom is -0.496 e. The van der Waals surface area contributed by atoms with Crippen molar-refractivity contribution in [3.8, 4) is 5.75 Å². The molecule has 1 aliphatic carbocycles. The van der Waals surface area contributed by atoms with Gasteiger partial charge in [0.2, 0.25) is 0 Å². The van der Waals surface area contributed by atoms with E-state index in [-0.39, 0.29) is 6.04 Å². The zero-order chi connectivity index (χ0) is 14.7. The topological polar surface area (TPSA) is 35.2 Å². The van der Waals surface area contributed by atoms with Crippen molar-refractivity contribution in [1.29, 1.82) is 0 Å². The average Bonchev–Trinajstić information content (AvgIpc) is 2.79. The predicted molar refractivity (Wildman–Crippen MR) is 89.2 cm³/mol. The molecule has 0 aliphatic heterocycles. The second kappa shape index (κ2) is 6.63. The number of rotatable bonds is 4. The number of para-hydroxylation sites is 1. The van der Waals surface area contributed by atoms with Crippen molar-refractivity contribution in [3.63, 3.8) is 0 Å². The fourth-order valence-corrected chi connectivity index (χ4v) is 4.34. The molecule has 1 heterocycles. The van der Waals surface area contributed by atoms with Crippen molar-refractivity contribution in [2.45, 2.75) is 44.6 Å². The van der Waals surface area contributed by atoms with Crippen LogP contribution in [0.15, 0.2) is 30.3 Å². The fraction of sp³-hybridized carbons (Fsp3) is 0.444. The van der Waals surface area contributed by atoms with Gasteiger partial charge in [-0.3, -0.25) is 0 Å². The summed E-state index contributed by atoms with van der Waals surface area (Å²) >= 11 is 1.92. The third-order valence-corrected chi connectivity index (χ3v) is 5.63. The van der Waals surface area contributed by atoms with E-state index in [2.05, 4.69) is 12.1 Å². The van der Waals surface area contributed by atoms with Crippen LogP contribution in [0.2, 0.25) is 0 Å². The smallest absolute Gasteiger partial charge is 0.122 e. The normalized spacial score (nSPS) is 16.1. The monoisotopic (exact) mass is 301 g/mol. The molecule has 1 aromatic carbocycles. The Hall–Kier alpha value is -1.32. The Morgan fingerprint density at radius 3 is 2.86 bits per heavy atom. The van der Waals surface area contributed by atoms with Crippen LogP contribution in [0, 0.1) is 0 Å².